The number of aryl methyl sites for hydroxylation is 1. The molecule has 26 heavy (non-hydrogen) atoms. The highest BCUT2D eigenvalue weighted by atomic mass is 32.2. The average molecular weight is 390 g/mol. The summed E-state index contributed by atoms with van der Waals surface area (Å²) in [6.07, 6.45) is 0.0153. The number of ether oxygens (including phenoxy) is 1. The number of methoxy groups -OCH3 is 1. The first kappa shape index (κ1) is 18.5. The van der Waals surface area contributed by atoms with Crippen LogP contribution in [-0.2, 0) is 14.3 Å². The maximum Gasteiger partial charge on any atom is 0.341 e. The monoisotopic (exact) mass is 390 g/mol. The Kier molecular flexibility index (Phi) is 5.33. The van der Waals surface area contributed by atoms with Gasteiger partial charge in [-0.15, -0.1) is 23.1 Å². The third-order valence-corrected chi connectivity index (χ3v) is 6.50. The highest BCUT2D eigenvalue weighted by Gasteiger charge is 2.30. The molecule has 6 nitrogen and oxygen atoms in total. The average Bonchev–Trinajstić information content (AvgIpc) is 2.88. The van der Waals surface area contributed by atoms with Crippen LogP contribution in [0.3, 0.4) is 0 Å². The fourth-order valence-corrected chi connectivity index (χ4v) is 4.81. The molecule has 0 aliphatic carbocycles. The molecule has 0 unspecified atom stereocenters. The summed E-state index contributed by atoms with van der Waals surface area (Å²) in [7, 11) is 1.31. The molecule has 0 fully saturated rings. The Balaban J connectivity index is 1.73. The van der Waals surface area contributed by atoms with Crippen LogP contribution in [0, 0.1) is 13.8 Å². The maximum atomic E-state index is 12.5. The number of benzene rings is 1. The van der Waals surface area contributed by atoms with E-state index < -0.39 is 11.2 Å². The van der Waals surface area contributed by atoms with Crippen molar-refractivity contribution in [1.82, 2.24) is 0 Å². The summed E-state index contributed by atoms with van der Waals surface area (Å²) in [4.78, 5) is 38.6. The molecule has 2 heterocycles. The van der Waals surface area contributed by atoms with Crippen molar-refractivity contribution in [1.29, 1.82) is 0 Å². The second kappa shape index (κ2) is 7.51. The van der Waals surface area contributed by atoms with Crippen LogP contribution in [0.25, 0.3) is 0 Å². The van der Waals surface area contributed by atoms with Crippen LogP contribution < -0.4 is 10.6 Å². The molecule has 0 spiro atoms. The van der Waals surface area contributed by atoms with Gasteiger partial charge >= 0.3 is 5.97 Å². The Morgan fingerprint density at radius 2 is 2.00 bits per heavy atom. The summed E-state index contributed by atoms with van der Waals surface area (Å²) in [6.45, 7) is 3.69. The molecule has 0 bridgehead atoms. The van der Waals surface area contributed by atoms with Gasteiger partial charge in [-0.25, -0.2) is 4.79 Å². The highest BCUT2D eigenvalue weighted by Crippen LogP contribution is 2.37. The van der Waals surface area contributed by atoms with Crippen LogP contribution in [0.4, 0.5) is 10.7 Å². The lowest BCUT2D eigenvalue weighted by Crippen LogP contribution is -2.32. The number of carbonyl (C=O) groups is 3. The molecule has 2 N–H and O–H groups in total. The fourth-order valence-electron chi connectivity index (χ4n) is 2.64. The molecule has 1 aliphatic heterocycles. The number of esters is 1. The van der Waals surface area contributed by atoms with Crippen molar-refractivity contribution in [2.45, 2.75) is 30.4 Å². The zero-order valence-corrected chi connectivity index (χ0v) is 16.2. The number of thiophene rings is 1. The van der Waals surface area contributed by atoms with Crippen LogP contribution in [0.1, 0.15) is 27.2 Å². The molecule has 1 aromatic carbocycles. The van der Waals surface area contributed by atoms with Gasteiger partial charge in [0.1, 0.15) is 5.00 Å². The third-order valence-electron chi connectivity index (χ3n) is 4.11. The zero-order chi connectivity index (χ0) is 18.8. The molecule has 0 saturated carbocycles. The minimum atomic E-state index is -0.520. The van der Waals surface area contributed by atoms with Crippen LogP contribution in [0.5, 0.6) is 0 Å². The first-order valence-corrected chi connectivity index (χ1v) is 9.65. The Labute approximate surface area is 159 Å². The Hall–Kier alpha value is -2.32. The smallest absolute Gasteiger partial charge is 0.341 e. The molecule has 8 heteroatoms. The van der Waals surface area contributed by atoms with E-state index in [0.29, 0.717) is 10.6 Å². The zero-order valence-electron chi connectivity index (χ0n) is 14.5. The molecule has 0 saturated heterocycles. The summed E-state index contributed by atoms with van der Waals surface area (Å²) in [5, 5.41) is 5.52. The first-order chi connectivity index (χ1) is 12.4. The summed E-state index contributed by atoms with van der Waals surface area (Å²) in [6, 6.07) is 7.48. The Bertz CT molecular complexity index is 891. The molecular formula is C18H18N2O4S2. The van der Waals surface area contributed by atoms with E-state index >= 15 is 0 Å². The number of para-hydroxylation sites is 1. The van der Waals surface area contributed by atoms with Crippen molar-refractivity contribution >= 4 is 51.6 Å². The van der Waals surface area contributed by atoms with Crippen LogP contribution in [0.15, 0.2) is 29.2 Å². The molecule has 136 valence electrons. The van der Waals surface area contributed by atoms with E-state index in [1.54, 1.807) is 0 Å². The number of rotatable bonds is 4. The van der Waals surface area contributed by atoms with Gasteiger partial charge in [0.2, 0.25) is 11.8 Å². The number of amides is 2. The lowest BCUT2D eigenvalue weighted by molar-refractivity contribution is -0.120. The van der Waals surface area contributed by atoms with Crippen LogP contribution in [-0.4, -0.2) is 30.1 Å². The molecule has 2 amide bonds. The summed E-state index contributed by atoms with van der Waals surface area (Å²) < 4.78 is 4.81. The van der Waals surface area contributed by atoms with Crippen molar-refractivity contribution in [2.75, 3.05) is 17.7 Å². The molecule has 1 atom stereocenters. The van der Waals surface area contributed by atoms with Gasteiger partial charge in [0.15, 0.2) is 0 Å². The SMILES string of the molecule is COC(=O)c1c(NC(=O)C[C@H]2Sc3ccccc3NC2=O)sc(C)c1C. The molecule has 2 aromatic rings. The van der Waals surface area contributed by atoms with Crippen molar-refractivity contribution < 1.29 is 19.1 Å². The molecular weight excluding hydrogens is 372 g/mol. The number of thioether (sulfide) groups is 1. The van der Waals surface area contributed by atoms with E-state index in [1.807, 2.05) is 38.1 Å². The van der Waals surface area contributed by atoms with Gasteiger partial charge in [0.05, 0.1) is 23.6 Å². The first-order valence-electron chi connectivity index (χ1n) is 7.95. The Morgan fingerprint density at radius 1 is 1.27 bits per heavy atom. The van der Waals surface area contributed by atoms with Crippen molar-refractivity contribution in [3.63, 3.8) is 0 Å². The number of fused-ring (bicyclic) bond motifs is 1. The highest BCUT2D eigenvalue weighted by molar-refractivity contribution is 8.01. The van der Waals surface area contributed by atoms with Gasteiger partial charge in [-0.05, 0) is 31.5 Å². The Morgan fingerprint density at radius 3 is 2.73 bits per heavy atom. The number of hydrogen-bond donors (Lipinski definition) is 2. The summed E-state index contributed by atoms with van der Waals surface area (Å²) in [5.74, 6) is -1.00. The third kappa shape index (κ3) is 3.61. The molecule has 3 rings (SSSR count). The van der Waals surface area contributed by atoms with Gasteiger partial charge < -0.3 is 15.4 Å². The largest absolute Gasteiger partial charge is 0.465 e. The van der Waals surface area contributed by atoms with Crippen molar-refractivity contribution in [2.24, 2.45) is 0 Å². The number of anilines is 2. The van der Waals surface area contributed by atoms with E-state index in [9.17, 15) is 14.4 Å². The lowest BCUT2D eigenvalue weighted by Gasteiger charge is -2.23. The molecule has 1 aromatic heterocycles. The number of carbonyl (C=O) groups excluding carboxylic acids is 3. The van der Waals surface area contributed by atoms with Crippen LogP contribution >= 0.6 is 23.1 Å². The fraction of sp³-hybridized carbons (Fsp3) is 0.278. The maximum absolute atomic E-state index is 12.5. The quantitative estimate of drug-likeness (QED) is 0.780. The molecule has 0 radical (unpaired) electrons. The van der Waals surface area contributed by atoms with Crippen molar-refractivity contribution in [3.05, 3.63) is 40.3 Å². The standard InChI is InChI=1S/C18H18N2O4S2/c1-9-10(2)25-17(15(9)18(23)24-3)20-14(21)8-13-16(22)19-11-6-4-5-7-12(11)26-13/h4-7,13H,8H2,1-3H3,(H,19,22)(H,20,21)/t13-/m1/s1. The second-order valence-corrected chi connectivity index (χ2v) is 8.29. The summed E-state index contributed by atoms with van der Waals surface area (Å²) in [5.41, 5.74) is 1.92. The van der Waals surface area contributed by atoms with Gasteiger partial charge in [-0.1, -0.05) is 12.1 Å². The van der Waals surface area contributed by atoms with E-state index in [4.69, 9.17) is 4.74 Å². The van der Waals surface area contributed by atoms with Gasteiger partial charge in [-0.2, -0.15) is 0 Å². The van der Waals surface area contributed by atoms with Gasteiger partial charge in [0.25, 0.3) is 0 Å². The normalized spacial score (nSPS) is 15.8. The number of hydrogen-bond acceptors (Lipinski definition) is 6. The minimum Gasteiger partial charge on any atom is -0.465 e. The lowest BCUT2D eigenvalue weighted by atomic mass is 10.1. The predicted octanol–water partition coefficient (Wildman–Crippen LogP) is 3.59. The number of nitrogens with one attached hydrogen (secondary N) is 2. The van der Waals surface area contributed by atoms with Gasteiger partial charge in [0, 0.05) is 16.2 Å². The van der Waals surface area contributed by atoms with E-state index in [0.717, 1.165) is 21.0 Å². The van der Waals surface area contributed by atoms with E-state index in [1.165, 1.54) is 30.2 Å². The molecule has 1 aliphatic rings. The second-order valence-electron chi connectivity index (χ2n) is 5.82. The van der Waals surface area contributed by atoms with Crippen molar-refractivity contribution in [3.8, 4) is 0 Å². The van der Waals surface area contributed by atoms with Gasteiger partial charge in [-0.3, -0.25) is 9.59 Å². The van der Waals surface area contributed by atoms with E-state index in [-0.39, 0.29) is 18.2 Å². The summed E-state index contributed by atoms with van der Waals surface area (Å²) >= 11 is 2.69. The minimum absolute atomic E-state index is 0.0153. The van der Waals surface area contributed by atoms with Crippen LogP contribution in [0.2, 0.25) is 0 Å². The predicted molar refractivity (Wildman–Crippen MR) is 103 cm³/mol. The van der Waals surface area contributed by atoms with E-state index in [2.05, 4.69) is 10.6 Å². The topological polar surface area (TPSA) is 84.5 Å².